The summed E-state index contributed by atoms with van der Waals surface area (Å²) in [7, 11) is 4.16. The molecule has 1 aliphatic heterocycles. The van der Waals surface area contributed by atoms with E-state index in [4.69, 9.17) is 5.73 Å². The minimum absolute atomic E-state index is 0.00385. The Hall–Kier alpha value is -2.41. The van der Waals surface area contributed by atoms with E-state index in [0.717, 1.165) is 19.4 Å². The van der Waals surface area contributed by atoms with E-state index < -0.39 is 11.9 Å². The molecule has 0 aromatic heterocycles. The van der Waals surface area contributed by atoms with E-state index in [1.54, 1.807) is 6.42 Å². The second kappa shape index (κ2) is 7.44. The van der Waals surface area contributed by atoms with Gasteiger partial charge in [0.15, 0.2) is 0 Å². The Morgan fingerprint density at radius 2 is 1.83 bits per heavy atom. The predicted octanol–water partition coefficient (Wildman–Crippen LogP) is 0.689. The first-order chi connectivity index (χ1) is 13.8. The van der Waals surface area contributed by atoms with Crippen molar-refractivity contribution in [2.45, 2.75) is 43.2 Å². The molecule has 7 heteroatoms. The topological polar surface area (TPSA) is 95.7 Å². The number of nitrogens with zero attached hydrogens (tertiary/aromatic N) is 2. The van der Waals surface area contributed by atoms with Gasteiger partial charge in [0.05, 0.1) is 6.04 Å². The van der Waals surface area contributed by atoms with Gasteiger partial charge < -0.3 is 20.9 Å². The van der Waals surface area contributed by atoms with Crippen LogP contribution in [0.1, 0.15) is 41.6 Å². The van der Waals surface area contributed by atoms with Crippen LogP contribution in [-0.4, -0.2) is 66.8 Å². The average molecular weight is 397 g/mol. The lowest BCUT2D eigenvalue weighted by molar-refractivity contribution is -0.137. The smallest absolute Gasteiger partial charge is 0.251 e. The Morgan fingerprint density at radius 1 is 1.17 bits per heavy atom. The fraction of sp³-hybridized carbons (Fsp3) is 0.545. The van der Waals surface area contributed by atoms with Crippen molar-refractivity contribution in [3.63, 3.8) is 0 Å². The molecule has 1 saturated heterocycles. The minimum atomic E-state index is -0.753. The summed E-state index contributed by atoms with van der Waals surface area (Å²) in [6.07, 6.45) is 5.74. The maximum absolute atomic E-state index is 12.7. The molecule has 1 aromatic carbocycles. The number of carbonyl (C=O) groups is 3. The number of carbonyl (C=O) groups excluding carboxylic acids is 3. The van der Waals surface area contributed by atoms with E-state index in [0.29, 0.717) is 12.1 Å². The number of benzene rings is 1. The molecule has 3 N–H and O–H groups in total. The van der Waals surface area contributed by atoms with Gasteiger partial charge in [-0.2, -0.15) is 0 Å². The zero-order valence-electron chi connectivity index (χ0n) is 17.1. The summed E-state index contributed by atoms with van der Waals surface area (Å²) in [4.78, 5) is 40.6. The molecular formula is C22H29N4O3. The maximum Gasteiger partial charge on any atom is 0.251 e. The van der Waals surface area contributed by atoms with Crippen LogP contribution in [0.5, 0.6) is 0 Å². The molecule has 4 rings (SSSR count). The second-order valence-electron chi connectivity index (χ2n) is 8.98. The number of primary amides is 1. The molecule has 3 amide bonds. The average Bonchev–Trinajstić information content (AvgIpc) is 3.60. The van der Waals surface area contributed by atoms with Gasteiger partial charge in [-0.1, -0.05) is 12.1 Å². The van der Waals surface area contributed by atoms with Crippen LogP contribution >= 0.6 is 0 Å². The fourth-order valence-electron chi connectivity index (χ4n) is 4.37. The number of amides is 3. The molecule has 2 aliphatic carbocycles. The lowest BCUT2D eigenvalue weighted by Crippen LogP contribution is -2.44. The highest BCUT2D eigenvalue weighted by Crippen LogP contribution is 2.48. The van der Waals surface area contributed by atoms with E-state index in [9.17, 15) is 14.4 Å². The molecule has 1 aromatic rings. The van der Waals surface area contributed by atoms with Crippen LogP contribution in [0, 0.1) is 12.3 Å². The fourth-order valence-corrected chi connectivity index (χ4v) is 4.37. The molecule has 2 atom stereocenters. The predicted molar refractivity (Wildman–Crippen MR) is 109 cm³/mol. The van der Waals surface area contributed by atoms with Crippen molar-refractivity contribution in [2.24, 2.45) is 11.7 Å². The summed E-state index contributed by atoms with van der Waals surface area (Å²) in [6, 6.07) is 6.65. The molecule has 1 heterocycles. The van der Waals surface area contributed by atoms with Gasteiger partial charge in [0.25, 0.3) is 5.91 Å². The number of likely N-dealkylation sites (N-methyl/N-ethyl adjacent to an activating group) is 1. The molecule has 0 bridgehead atoms. The van der Waals surface area contributed by atoms with E-state index in [1.807, 2.05) is 24.3 Å². The van der Waals surface area contributed by atoms with Gasteiger partial charge in [0.2, 0.25) is 11.8 Å². The number of rotatable bonds is 7. The normalized spacial score (nSPS) is 25.1. The van der Waals surface area contributed by atoms with Gasteiger partial charge in [0, 0.05) is 36.4 Å². The van der Waals surface area contributed by atoms with Gasteiger partial charge in [0.1, 0.15) is 6.04 Å². The van der Waals surface area contributed by atoms with Crippen molar-refractivity contribution in [1.29, 1.82) is 0 Å². The molecule has 0 spiro atoms. The first-order valence-corrected chi connectivity index (χ1v) is 10.3. The Balaban J connectivity index is 1.39. The van der Waals surface area contributed by atoms with Crippen LogP contribution in [0.2, 0.25) is 0 Å². The molecule has 1 radical (unpaired) electrons. The zero-order chi connectivity index (χ0) is 20.8. The van der Waals surface area contributed by atoms with Crippen LogP contribution in [0.25, 0.3) is 0 Å². The molecule has 7 nitrogen and oxygen atoms in total. The summed E-state index contributed by atoms with van der Waals surface area (Å²) >= 11 is 0. The van der Waals surface area contributed by atoms with Crippen molar-refractivity contribution in [1.82, 2.24) is 15.1 Å². The molecule has 3 aliphatic rings. The highest BCUT2D eigenvalue weighted by molar-refractivity contribution is 5.95. The molecule has 2 saturated carbocycles. The molecule has 29 heavy (non-hydrogen) atoms. The third-order valence-corrected chi connectivity index (χ3v) is 6.19. The molecule has 2 unspecified atom stereocenters. The molecule has 155 valence electrons. The monoisotopic (exact) mass is 397 g/mol. The number of nitrogens with one attached hydrogen (secondary N) is 1. The van der Waals surface area contributed by atoms with Gasteiger partial charge in [-0.3, -0.25) is 14.4 Å². The van der Waals surface area contributed by atoms with Crippen molar-refractivity contribution in [2.75, 3.05) is 27.2 Å². The largest absolute Gasteiger partial charge is 0.368 e. The Bertz CT molecular complexity index is 812. The first-order valence-electron chi connectivity index (χ1n) is 10.3. The molecule has 3 fully saturated rings. The Morgan fingerprint density at radius 3 is 2.34 bits per heavy atom. The summed E-state index contributed by atoms with van der Waals surface area (Å²) in [5.74, 6) is -0.805. The van der Waals surface area contributed by atoms with Crippen molar-refractivity contribution in [3.8, 4) is 0 Å². The van der Waals surface area contributed by atoms with Crippen molar-refractivity contribution >= 4 is 17.7 Å². The summed E-state index contributed by atoms with van der Waals surface area (Å²) in [5.41, 5.74) is 7.53. The Kier molecular flexibility index (Phi) is 5.11. The maximum atomic E-state index is 12.7. The van der Waals surface area contributed by atoms with Gasteiger partial charge in [-0.15, -0.1) is 0 Å². The summed E-state index contributed by atoms with van der Waals surface area (Å²) in [5, 5.41) is 2.93. The third-order valence-electron chi connectivity index (χ3n) is 6.19. The van der Waals surface area contributed by atoms with Crippen LogP contribution in [0.15, 0.2) is 24.3 Å². The quantitative estimate of drug-likeness (QED) is 0.708. The number of nitrogens with two attached hydrogens (primary N) is 1. The summed E-state index contributed by atoms with van der Waals surface area (Å²) in [6.45, 7) is 1.30. The van der Waals surface area contributed by atoms with E-state index in [2.05, 4.69) is 24.3 Å². The van der Waals surface area contributed by atoms with E-state index in [1.165, 1.54) is 23.3 Å². The van der Waals surface area contributed by atoms with Crippen LogP contribution in [0.3, 0.4) is 0 Å². The van der Waals surface area contributed by atoms with Crippen molar-refractivity contribution < 1.29 is 14.4 Å². The standard InChI is InChI=1S/C22H29N4O3/c1-25(2)13-22(9-10-22)16-7-5-14(6-8-16)20(28)24-17-11-18(19(23)27)26(12-17)21(29)15-3-4-15/h5-8,11,15,17-18H,3-4,9-10,12-13H2,1-2H3,(H2,23,27)(H,24,28). The highest BCUT2D eigenvalue weighted by atomic mass is 16.2. The van der Waals surface area contributed by atoms with Gasteiger partial charge >= 0.3 is 0 Å². The highest BCUT2D eigenvalue weighted by Gasteiger charge is 2.45. The van der Waals surface area contributed by atoms with Gasteiger partial charge in [-0.05, 0) is 57.5 Å². The van der Waals surface area contributed by atoms with E-state index in [-0.39, 0.29) is 29.2 Å². The first kappa shape index (κ1) is 19.9. The third kappa shape index (κ3) is 4.15. The lowest BCUT2D eigenvalue weighted by atomic mass is 9.94. The van der Waals surface area contributed by atoms with Crippen LogP contribution in [-0.2, 0) is 15.0 Å². The van der Waals surface area contributed by atoms with Gasteiger partial charge in [-0.25, -0.2) is 0 Å². The number of likely N-dealkylation sites (tertiary alicyclic amines) is 1. The van der Waals surface area contributed by atoms with Crippen LogP contribution in [0.4, 0.5) is 0 Å². The van der Waals surface area contributed by atoms with Crippen molar-refractivity contribution in [3.05, 3.63) is 41.8 Å². The Labute approximate surface area is 171 Å². The minimum Gasteiger partial charge on any atom is -0.368 e. The van der Waals surface area contributed by atoms with Crippen LogP contribution < -0.4 is 11.1 Å². The lowest BCUT2D eigenvalue weighted by Gasteiger charge is -2.22. The number of hydrogen-bond acceptors (Lipinski definition) is 4. The summed E-state index contributed by atoms with van der Waals surface area (Å²) < 4.78 is 0. The van der Waals surface area contributed by atoms with E-state index >= 15 is 0 Å². The molecular weight excluding hydrogens is 368 g/mol. The number of hydrogen-bond donors (Lipinski definition) is 2. The zero-order valence-corrected chi connectivity index (χ0v) is 17.1. The second-order valence-corrected chi connectivity index (χ2v) is 8.98. The SMILES string of the molecule is CN(C)CC1(c2ccc(C(=O)NC3[CH]C(C(N)=O)N(C(=O)C4CC4)C3)cc2)CC1.